The second-order valence-electron chi connectivity index (χ2n) is 7.89. The summed E-state index contributed by atoms with van der Waals surface area (Å²) in [6.07, 6.45) is 6.71. The van der Waals surface area contributed by atoms with E-state index in [9.17, 15) is 4.79 Å². The number of benzene rings is 1. The molecule has 2 fully saturated rings. The second kappa shape index (κ2) is 9.90. The van der Waals surface area contributed by atoms with Gasteiger partial charge >= 0.3 is 0 Å². The molecule has 1 unspecified atom stereocenters. The largest absolute Gasteiger partial charge is 0.490 e. The fourth-order valence-corrected chi connectivity index (χ4v) is 3.92. The van der Waals surface area contributed by atoms with Crippen LogP contribution in [0.25, 0.3) is 0 Å². The SMILES string of the molecule is CC(C)CN1CCC(Oc2ccc(C3COCCN3C=CC=O)cc2)CC1. The van der Waals surface area contributed by atoms with Crippen LogP contribution in [0.4, 0.5) is 0 Å². The molecule has 2 aliphatic heterocycles. The molecular weight excluding hydrogens is 340 g/mol. The van der Waals surface area contributed by atoms with E-state index in [-0.39, 0.29) is 6.04 Å². The van der Waals surface area contributed by atoms with E-state index in [2.05, 4.69) is 47.9 Å². The molecule has 0 aromatic heterocycles. The first-order valence-corrected chi connectivity index (χ1v) is 10.1. The van der Waals surface area contributed by atoms with Gasteiger partial charge in [0.15, 0.2) is 0 Å². The van der Waals surface area contributed by atoms with Crippen LogP contribution in [-0.2, 0) is 9.53 Å². The molecule has 5 heteroatoms. The molecule has 148 valence electrons. The Labute approximate surface area is 162 Å². The Kier molecular flexibility index (Phi) is 7.30. The normalized spacial score (nSPS) is 22.5. The van der Waals surface area contributed by atoms with Crippen LogP contribution in [0, 0.1) is 5.92 Å². The van der Waals surface area contributed by atoms with Crippen molar-refractivity contribution in [2.24, 2.45) is 5.92 Å². The van der Waals surface area contributed by atoms with E-state index >= 15 is 0 Å². The minimum absolute atomic E-state index is 0.142. The van der Waals surface area contributed by atoms with Crippen molar-refractivity contribution < 1.29 is 14.3 Å². The molecule has 2 saturated heterocycles. The Balaban J connectivity index is 1.54. The van der Waals surface area contributed by atoms with Gasteiger partial charge in [-0.05, 0) is 42.5 Å². The summed E-state index contributed by atoms with van der Waals surface area (Å²) in [5, 5.41) is 0. The van der Waals surface area contributed by atoms with Crippen LogP contribution in [0.3, 0.4) is 0 Å². The highest BCUT2D eigenvalue weighted by Gasteiger charge is 2.23. The number of morpholine rings is 1. The number of rotatable bonds is 7. The number of ether oxygens (including phenoxy) is 2. The molecule has 1 aromatic rings. The summed E-state index contributed by atoms with van der Waals surface area (Å²) >= 11 is 0. The van der Waals surface area contributed by atoms with Crippen molar-refractivity contribution in [3.05, 3.63) is 42.1 Å². The van der Waals surface area contributed by atoms with E-state index in [0.29, 0.717) is 19.3 Å². The van der Waals surface area contributed by atoms with Crippen molar-refractivity contribution in [1.29, 1.82) is 0 Å². The van der Waals surface area contributed by atoms with Gasteiger partial charge in [0.2, 0.25) is 0 Å². The molecule has 0 N–H and O–H groups in total. The van der Waals surface area contributed by atoms with Gasteiger partial charge in [0.1, 0.15) is 18.1 Å². The Bertz CT molecular complexity index is 606. The van der Waals surface area contributed by atoms with Crippen molar-refractivity contribution in [3.63, 3.8) is 0 Å². The lowest BCUT2D eigenvalue weighted by Crippen LogP contribution is -2.39. The van der Waals surface area contributed by atoms with Crippen LogP contribution in [-0.4, -0.2) is 61.6 Å². The third-order valence-electron chi connectivity index (χ3n) is 5.25. The summed E-state index contributed by atoms with van der Waals surface area (Å²) in [4.78, 5) is 15.3. The van der Waals surface area contributed by atoms with E-state index in [1.165, 1.54) is 12.1 Å². The summed E-state index contributed by atoms with van der Waals surface area (Å²) in [5.74, 6) is 1.66. The molecule has 0 radical (unpaired) electrons. The van der Waals surface area contributed by atoms with Gasteiger partial charge in [-0.25, -0.2) is 0 Å². The lowest BCUT2D eigenvalue weighted by Gasteiger charge is -2.35. The number of nitrogens with zero attached hydrogens (tertiary/aromatic N) is 2. The summed E-state index contributed by atoms with van der Waals surface area (Å²) in [6.45, 7) is 10.1. The maximum atomic E-state index is 10.6. The summed E-state index contributed by atoms with van der Waals surface area (Å²) in [6, 6.07) is 8.50. The highest BCUT2D eigenvalue weighted by atomic mass is 16.5. The van der Waals surface area contributed by atoms with Crippen molar-refractivity contribution >= 4 is 6.29 Å². The van der Waals surface area contributed by atoms with E-state index < -0.39 is 0 Å². The number of piperidine rings is 1. The van der Waals surface area contributed by atoms with Crippen molar-refractivity contribution in [3.8, 4) is 5.75 Å². The number of carbonyl (C=O) groups excluding carboxylic acids is 1. The fourth-order valence-electron chi connectivity index (χ4n) is 3.92. The second-order valence-corrected chi connectivity index (χ2v) is 7.89. The zero-order chi connectivity index (χ0) is 19.1. The predicted molar refractivity (Wildman–Crippen MR) is 107 cm³/mol. The Morgan fingerprint density at radius 1 is 1.19 bits per heavy atom. The van der Waals surface area contributed by atoms with Gasteiger partial charge in [0, 0.05) is 32.4 Å². The zero-order valence-electron chi connectivity index (χ0n) is 16.5. The molecule has 27 heavy (non-hydrogen) atoms. The molecule has 0 spiro atoms. The number of likely N-dealkylation sites (tertiary alicyclic amines) is 1. The van der Waals surface area contributed by atoms with Gasteiger partial charge in [0.05, 0.1) is 19.3 Å². The Morgan fingerprint density at radius 2 is 1.93 bits per heavy atom. The summed E-state index contributed by atoms with van der Waals surface area (Å²) in [7, 11) is 0. The number of hydrogen-bond acceptors (Lipinski definition) is 5. The van der Waals surface area contributed by atoms with Gasteiger partial charge in [-0.3, -0.25) is 4.79 Å². The average molecular weight is 373 g/mol. The quantitative estimate of drug-likeness (QED) is 0.543. The maximum Gasteiger partial charge on any atom is 0.144 e. The zero-order valence-corrected chi connectivity index (χ0v) is 16.5. The molecule has 0 bridgehead atoms. The van der Waals surface area contributed by atoms with Crippen LogP contribution in [0.15, 0.2) is 36.5 Å². The van der Waals surface area contributed by atoms with Gasteiger partial charge < -0.3 is 19.3 Å². The van der Waals surface area contributed by atoms with E-state index in [1.807, 2.05) is 6.20 Å². The predicted octanol–water partition coefficient (Wildman–Crippen LogP) is 3.27. The summed E-state index contributed by atoms with van der Waals surface area (Å²) < 4.78 is 11.8. The number of hydrogen-bond donors (Lipinski definition) is 0. The monoisotopic (exact) mass is 372 g/mol. The lowest BCUT2D eigenvalue weighted by molar-refractivity contribution is -0.104. The molecule has 0 saturated carbocycles. The molecular formula is C22H32N2O3. The highest BCUT2D eigenvalue weighted by molar-refractivity contribution is 5.64. The van der Waals surface area contributed by atoms with Crippen LogP contribution < -0.4 is 4.74 Å². The molecule has 3 rings (SSSR count). The molecule has 1 aromatic carbocycles. The van der Waals surface area contributed by atoms with E-state index in [1.54, 1.807) is 6.08 Å². The smallest absolute Gasteiger partial charge is 0.144 e. The maximum absolute atomic E-state index is 10.6. The van der Waals surface area contributed by atoms with Crippen molar-refractivity contribution in [2.45, 2.75) is 38.8 Å². The van der Waals surface area contributed by atoms with Crippen LogP contribution >= 0.6 is 0 Å². The molecule has 0 amide bonds. The Morgan fingerprint density at radius 3 is 2.59 bits per heavy atom. The van der Waals surface area contributed by atoms with Crippen LogP contribution in [0.1, 0.15) is 38.3 Å². The number of carbonyl (C=O) groups is 1. The van der Waals surface area contributed by atoms with E-state index in [4.69, 9.17) is 9.47 Å². The first kappa shape index (κ1) is 19.9. The fraction of sp³-hybridized carbons (Fsp3) is 0.591. The highest BCUT2D eigenvalue weighted by Crippen LogP contribution is 2.27. The van der Waals surface area contributed by atoms with Gasteiger partial charge in [-0.1, -0.05) is 26.0 Å². The van der Waals surface area contributed by atoms with Gasteiger partial charge in [0.25, 0.3) is 0 Å². The third kappa shape index (κ3) is 5.81. The minimum atomic E-state index is 0.142. The third-order valence-corrected chi connectivity index (χ3v) is 5.25. The number of aldehydes is 1. The van der Waals surface area contributed by atoms with Gasteiger partial charge in [-0.2, -0.15) is 0 Å². The minimum Gasteiger partial charge on any atom is -0.490 e. The molecule has 5 nitrogen and oxygen atoms in total. The average Bonchev–Trinajstić information content (AvgIpc) is 2.68. The molecule has 1 atom stereocenters. The van der Waals surface area contributed by atoms with Crippen molar-refractivity contribution in [2.75, 3.05) is 39.4 Å². The van der Waals surface area contributed by atoms with E-state index in [0.717, 1.165) is 50.4 Å². The lowest BCUT2D eigenvalue weighted by atomic mass is 10.0. The topological polar surface area (TPSA) is 42.0 Å². The van der Waals surface area contributed by atoms with Crippen LogP contribution in [0.2, 0.25) is 0 Å². The summed E-state index contributed by atoms with van der Waals surface area (Å²) in [5.41, 5.74) is 1.18. The Hall–Kier alpha value is -1.85. The standard InChI is InChI=1S/C22H32N2O3/c1-18(2)16-23-11-8-21(9-12-23)27-20-6-4-19(5-7-20)22-17-26-15-13-24(22)10-3-14-25/h3-7,10,14,18,21-22H,8-9,11-13,15-17H2,1-2H3. The molecule has 2 heterocycles. The number of allylic oxidation sites excluding steroid dienone is 1. The van der Waals surface area contributed by atoms with Crippen molar-refractivity contribution in [1.82, 2.24) is 9.80 Å². The van der Waals surface area contributed by atoms with Gasteiger partial charge in [-0.15, -0.1) is 0 Å². The first-order valence-electron chi connectivity index (χ1n) is 10.1. The molecule has 2 aliphatic rings. The molecule has 0 aliphatic carbocycles. The first-order chi connectivity index (χ1) is 13.2. The van der Waals surface area contributed by atoms with Crippen LogP contribution in [0.5, 0.6) is 5.75 Å².